The van der Waals surface area contributed by atoms with Crippen LogP contribution in [0, 0.1) is 27.7 Å². The van der Waals surface area contributed by atoms with Crippen molar-refractivity contribution in [1.29, 1.82) is 0 Å². The number of hydrogen-bond acceptors (Lipinski definition) is 8. The smallest absolute Gasteiger partial charge is 0.342 e. The normalized spacial score (nSPS) is 15.1. The Kier molecular flexibility index (Phi) is 7.61. The molecule has 0 atom stereocenters. The van der Waals surface area contributed by atoms with Gasteiger partial charge in [-0.05, 0) is 126 Å². The highest BCUT2D eigenvalue weighted by atomic mass is 16.7. The topological polar surface area (TPSA) is 69.7 Å². The van der Waals surface area contributed by atoms with Gasteiger partial charge in [-0.25, -0.2) is 0 Å². The van der Waals surface area contributed by atoms with Crippen LogP contribution in [0.5, 0.6) is 23.0 Å². The highest BCUT2D eigenvalue weighted by Crippen LogP contribution is 2.55. The van der Waals surface area contributed by atoms with Crippen molar-refractivity contribution in [1.82, 2.24) is 0 Å². The van der Waals surface area contributed by atoms with Gasteiger partial charge >= 0.3 is 6.71 Å². The van der Waals surface area contributed by atoms with Crippen molar-refractivity contribution >= 4 is 79.6 Å². The largest absolute Gasteiger partial charge is 0.468 e. The first kappa shape index (κ1) is 37.1. The van der Waals surface area contributed by atoms with Crippen LogP contribution in [0.4, 0.5) is 34.1 Å². The molecule has 5 aromatic carbocycles. The Morgan fingerprint density at radius 2 is 0.983 bits per heavy atom. The number of fused-ring (bicyclic) bond motifs is 10. The van der Waals surface area contributed by atoms with Crippen LogP contribution in [0.1, 0.15) is 100 Å². The van der Waals surface area contributed by atoms with Crippen LogP contribution in [0.15, 0.2) is 69.5 Å². The summed E-state index contributed by atoms with van der Waals surface area (Å²) < 4.78 is 38.9. The van der Waals surface area contributed by atoms with E-state index in [1.807, 2.05) is 0 Å². The molecule has 0 fully saturated rings. The fraction of sp³-hybridized carbons (Fsp3) is 0.333. The fourth-order valence-corrected chi connectivity index (χ4v) is 10.1. The van der Waals surface area contributed by atoms with E-state index < -0.39 is 0 Å². The molecule has 8 nitrogen and oxygen atoms in total. The molecule has 60 heavy (non-hydrogen) atoms. The van der Waals surface area contributed by atoms with Crippen LogP contribution >= 0.6 is 0 Å². The van der Waals surface area contributed by atoms with Crippen molar-refractivity contribution in [2.45, 2.75) is 99.8 Å². The molecule has 0 saturated carbocycles. The molecule has 4 aliphatic rings. The number of rotatable bonds is 3. The van der Waals surface area contributed by atoms with Gasteiger partial charge in [-0.15, -0.1) is 0 Å². The minimum Gasteiger partial charge on any atom is -0.468 e. The Labute approximate surface area is 352 Å². The van der Waals surface area contributed by atoms with Gasteiger partial charge in [-0.3, -0.25) is 0 Å². The van der Waals surface area contributed by atoms with E-state index in [4.69, 9.17) is 27.8 Å². The lowest BCUT2D eigenvalue weighted by atomic mass is 9.37. The van der Waals surface area contributed by atoms with Gasteiger partial charge in [-0.2, -0.15) is 0 Å². The minimum atomic E-state index is -0.353. The maximum absolute atomic E-state index is 7.28. The number of nitrogens with zero attached hydrogens (tertiary/aromatic N) is 2. The summed E-state index contributed by atoms with van der Waals surface area (Å²) in [5.41, 5.74) is 18.6. The molecule has 0 unspecified atom stereocenters. The molecule has 4 aliphatic heterocycles. The van der Waals surface area contributed by atoms with E-state index in [-0.39, 0.29) is 37.0 Å². The van der Waals surface area contributed by atoms with Crippen LogP contribution in [-0.4, -0.2) is 20.3 Å². The van der Waals surface area contributed by atoms with Crippen molar-refractivity contribution in [3.8, 4) is 23.0 Å². The molecule has 6 heterocycles. The summed E-state index contributed by atoms with van der Waals surface area (Å²) in [4.78, 5) is 4.93. The maximum atomic E-state index is 7.28. The molecule has 0 saturated heterocycles. The second-order valence-electron chi connectivity index (χ2n) is 19.6. The van der Waals surface area contributed by atoms with Gasteiger partial charge in [0.05, 0.1) is 22.7 Å². The van der Waals surface area contributed by atoms with E-state index in [0.29, 0.717) is 0 Å². The van der Waals surface area contributed by atoms with Gasteiger partial charge in [0, 0.05) is 33.3 Å². The second kappa shape index (κ2) is 12.3. The van der Waals surface area contributed by atoms with Crippen molar-refractivity contribution in [3.63, 3.8) is 0 Å². The zero-order valence-corrected chi connectivity index (χ0v) is 36.7. The SMILES string of the molecule is Cc1cc2c(c(C)c1N1c3cc(C(C)C)cc4c3B(c3oc5ccc(C(C)(C)C)cc5c31)c1oc3ccc(C(C)(C)C)cc3c1N4c1c(C)cc3c(c1C)OCO3)OCO2. The van der Waals surface area contributed by atoms with Crippen molar-refractivity contribution < 1.29 is 27.8 Å². The molecule has 0 N–H and O–H groups in total. The number of ether oxygens (including phenoxy) is 4. The Balaban J connectivity index is 1.32. The number of furan rings is 2. The van der Waals surface area contributed by atoms with Crippen molar-refractivity contribution in [2.24, 2.45) is 0 Å². The highest BCUT2D eigenvalue weighted by Gasteiger charge is 2.51. The second-order valence-corrected chi connectivity index (χ2v) is 19.6. The molecule has 11 rings (SSSR count). The van der Waals surface area contributed by atoms with Crippen LogP contribution in [0.2, 0.25) is 0 Å². The third-order valence-corrected chi connectivity index (χ3v) is 13.2. The zero-order chi connectivity index (χ0) is 41.9. The third-order valence-electron chi connectivity index (χ3n) is 13.2. The number of aryl methyl sites for hydroxylation is 2. The van der Waals surface area contributed by atoms with E-state index in [1.165, 1.54) is 16.7 Å². The van der Waals surface area contributed by atoms with Crippen LogP contribution in [-0.2, 0) is 10.8 Å². The quantitative estimate of drug-likeness (QED) is 0.164. The lowest BCUT2D eigenvalue weighted by Gasteiger charge is -2.42. The molecule has 2 aromatic heterocycles. The Bertz CT molecular complexity index is 2820. The molecule has 9 heteroatoms. The van der Waals surface area contributed by atoms with Crippen LogP contribution in [0.25, 0.3) is 21.9 Å². The Morgan fingerprint density at radius 3 is 1.38 bits per heavy atom. The molecule has 0 aliphatic carbocycles. The molecule has 0 spiro atoms. The highest BCUT2D eigenvalue weighted by molar-refractivity contribution is 6.99. The van der Waals surface area contributed by atoms with Gasteiger partial charge in [0.25, 0.3) is 0 Å². The van der Waals surface area contributed by atoms with Gasteiger partial charge in [-0.1, -0.05) is 67.5 Å². The number of anilines is 6. The summed E-state index contributed by atoms with van der Waals surface area (Å²) in [6.45, 7) is 26.9. The van der Waals surface area contributed by atoms with E-state index in [9.17, 15) is 0 Å². The van der Waals surface area contributed by atoms with E-state index in [0.717, 1.165) is 118 Å². The average molecular weight is 799 g/mol. The molecule has 0 bridgehead atoms. The predicted octanol–water partition coefficient (Wildman–Crippen LogP) is 11.7. The summed E-state index contributed by atoms with van der Waals surface area (Å²) in [5.74, 6) is 3.32. The maximum Gasteiger partial charge on any atom is 0.342 e. The van der Waals surface area contributed by atoms with E-state index in [1.54, 1.807) is 0 Å². The molecule has 7 aromatic rings. The lowest BCUT2D eigenvalue weighted by molar-refractivity contribution is 0.173. The summed E-state index contributed by atoms with van der Waals surface area (Å²) in [5, 5.41) is 2.13. The van der Waals surface area contributed by atoms with E-state index >= 15 is 0 Å². The van der Waals surface area contributed by atoms with Crippen LogP contribution in [0.3, 0.4) is 0 Å². The Morgan fingerprint density at radius 1 is 0.550 bits per heavy atom. The molecule has 0 radical (unpaired) electrons. The summed E-state index contributed by atoms with van der Waals surface area (Å²) in [6.07, 6.45) is 0. The standard InChI is InChI=1S/C51H51BN2O6/c1-25(2)30-19-35-41-36(20-30)54(43-27(4)18-40-47(29(43)6)58-24-56-40)45-34-22-32(51(10,11)12)14-16-38(34)60-49(45)52(41)48-44(33-21-31(50(7,8)9)13-15-37(33)59-48)53(35)42-26(3)17-39-46(28(42)5)57-23-55-39/h13-22,25H,23-24H2,1-12H3. The van der Waals surface area contributed by atoms with E-state index in [2.05, 4.69) is 154 Å². The van der Waals surface area contributed by atoms with Crippen molar-refractivity contribution in [3.05, 3.63) is 99.6 Å². The van der Waals surface area contributed by atoms with Gasteiger partial charge in [0.15, 0.2) is 23.0 Å². The Hall–Kier alpha value is -5.96. The summed E-state index contributed by atoms with van der Waals surface area (Å²) in [6, 6.07) is 22.4. The number of benzene rings is 5. The first-order chi connectivity index (χ1) is 28.5. The van der Waals surface area contributed by atoms with Gasteiger partial charge in [0.2, 0.25) is 13.6 Å². The first-order valence-corrected chi connectivity index (χ1v) is 21.2. The monoisotopic (exact) mass is 798 g/mol. The molecule has 0 amide bonds. The van der Waals surface area contributed by atoms with Crippen LogP contribution < -0.4 is 45.5 Å². The predicted molar refractivity (Wildman–Crippen MR) is 243 cm³/mol. The fourth-order valence-electron chi connectivity index (χ4n) is 10.1. The van der Waals surface area contributed by atoms with Gasteiger partial charge in [0.1, 0.15) is 22.5 Å². The van der Waals surface area contributed by atoms with Gasteiger partial charge < -0.3 is 37.6 Å². The minimum absolute atomic E-state index is 0.0827. The first-order valence-electron chi connectivity index (χ1n) is 21.2. The third kappa shape index (κ3) is 5.04. The number of hydrogen-bond donors (Lipinski definition) is 0. The average Bonchev–Trinajstić information content (AvgIpc) is 4.00. The lowest BCUT2D eigenvalue weighted by Crippen LogP contribution is -2.60. The summed E-state index contributed by atoms with van der Waals surface area (Å²) >= 11 is 0. The molecule has 304 valence electrons. The summed E-state index contributed by atoms with van der Waals surface area (Å²) in [7, 11) is 0. The van der Waals surface area contributed by atoms with Crippen molar-refractivity contribution in [2.75, 3.05) is 23.4 Å². The molecular formula is C51H51BN2O6. The molecular weight excluding hydrogens is 747 g/mol. The zero-order valence-electron chi connectivity index (χ0n) is 36.7.